The van der Waals surface area contributed by atoms with Crippen molar-refractivity contribution in [1.29, 1.82) is 0 Å². The van der Waals surface area contributed by atoms with E-state index in [1.807, 2.05) is 26.0 Å². The molecule has 0 spiro atoms. The van der Waals surface area contributed by atoms with Gasteiger partial charge in [-0.2, -0.15) is 4.98 Å². The second-order valence-electron chi connectivity index (χ2n) is 3.74. The Morgan fingerprint density at radius 2 is 2.13 bits per heavy atom. The van der Waals surface area contributed by atoms with Crippen molar-refractivity contribution in [1.82, 2.24) is 9.97 Å². The first-order valence-electron chi connectivity index (χ1n) is 5.05. The van der Waals surface area contributed by atoms with Crippen LogP contribution in [0.2, 0.25) is 0 Å². The van der Waals surface area contributed by atoms with Crippen LogP contribution in [0.4, 0.5) is 11.8 Å². The zero-order valence-electron chi connectivity index (χ0n) is 9.37. The van der Waals surface area contributed by atoms with E-state index in [0.717, 1.165) is 36.1 Å². The zero-order valence-corrected chi connectivity index (χ0v) is 9.37. The van der Waals surface area contributed by atoms with Gasteiger partial charge < -0.3 is 15.0 Å². The minimum Gasteiger partial charge on any atom is -0.376 e. The number of hydrogen-bond donors (Lipinski definition) is 1. The average Bonchev–Trinajstić information content (AvgIpc) is 2.27. The van der Waals surface area contributed by atoms with E-state index in [0.29, 0.717) is 6.61 Å². The number of ether oxygens (including phenoxy) is 1. The van der Waals surface area contributed by atoms with E-state index < -0.39 is 0 Å². The highest BCUT2D eigenvalue weighted by Gasteiger charge is 2.17. The maximum absolute atomic E-state index is 5.41. The van der Waals surface area contributed by atoms with E-state index in [1.54, 1.807) is 0 Å². The lowest BCUT2D eigenvalue weighted by Gasteiger charge is -2.21. The predicted octanol–water partition coefficient (Wildman–Crippen LogP) is 0.657. The Morgan fingerprint density at radius 1 is 1.33 bits per heavy atom. The summed E-state index contributed by atoms with van der Waals surface area (Å²) in [5.41, 5.74) is 2.19. The highest BCUT2D eigenvalue weighted by molar-refractivity contribution is 5.51. The van der Waals surface area contributed by atoms with Gasteiger partial charge in [0.25, 0.3) is 0 Å². The molecule has 0 atom stereocenters. The van der Waals surface area contributed by atoms with Gasteiger partial charge in [-0.1, -0.05) is 0 Å². The molecule has 0 saturated carbocycles. The molecular weight excluding hydrogens is 192 g/mol. The van der Waals surface area contributed by atoms with Crippen molar-refractivity contribution >= 4 is 11.8 Å². The molecule has 1 N–H and O–H groups in total. The van der Waals surface area contributed by atoms with Gasteiger partial charge in [0.1, 0.15) is 5.82 Å². The summed E-state index contributed by atoms with van der Waals surface area (Å²) in [6.45, 7) is 1.36. The lowest BCUT2D eigenvalue weighted by atomic mass is 10.1. The van der Waals surface area contributed by atoms with Gasteiger partial charge in [0.15, 0.2) is 0 Å². The number of nitrogens with zero attached hydrogens (tertiary/aromatic N) is 3. The Morgan fingerprint density at radius 3 is 2.80 bits per heavy atom. The van der Waals surface area contributed by atoms with Gasteiger partial charge in [-0.25, -0.2) is 4.98 Å². The molecule has 2 rings (SSSR count). The van der Waals surface area contributed by atoms with E-state index in [-0.39, 0.29) is 0 Å². The van der Waals surface area contributed by atoms with Crippen molar-refractivity contribution in [3.63, 3.8) is 0 Å². The fourth-order valence-corrected chi connectivity index (χ4v) is 1.63. The third-order valence-electron chi connectivity index (χ3n) is 2.45. The standard InChI is InChI=1S/C10H16N4O/c1-11-9-7-6-15-5-4-8(7)12-10(13-9)14(2)3/h4-6H2,1-3H3,(H,11,12,13). The van der Waals surface area contributed by atoms with E-state index in [2.05, 4.69) is 15.3 Å². The number of fused-ring (bicyclic) bond motifs is 1. The molecule has 2 heterocycles. The molecule has 5 heteroatoms. The second kappa shape index (κ2) is 4.02. The minimum absolute atomic E-state index is 0.610. The van der Waals surface area contributed by atoms with E-state index in [9.17, 15) is 0 Å². The Bertz CT molecular complexity index is 347. The molecule has 15 heavy (non-hydrogen) atoms. The van der Waals surface area contributed by atoms with Crippen molar-refractivity contribution < 1.29 is 4.74 Å². The molecule has 1 aliphatic rings. The van der Waals surface area contributed by atoms with E-state index in [4.69, 9.17) is 4.74 Å². The van der Waals surface area contributed by atoms with Crippen LogP contribution in [0.25, 0.3) is 0 Å². The van der Waals surface area contributed by atoms with Gasteiger partial charge in [-0.05, 0) is 0 Å². The summed E-state index contributed by atoms with van der Waals surface area (Å²) in [5.74, 6) is 1.63. The predicted molar refractivity (Wildman–Crippen MR) is 59.3 cm³/mol. The normalized spacial score (nSPS) is 14.6. The number of aromatic nitrogens is 2. The van der Waals surface area contributed by atoms with Crippen LogP contribution in [0.5, 0.6) is 0 Å². The molecule has 1 aliphatic heterocycles. The molecule has 0 amide bonds. The summed E-state index contributed by atoms with van der Waals surface area (Å²) in [5, 5.41) is 3.09. The summed E-state index contributed by atoms with van der Waals surface area (Å²) in [7, 11) is 5.76. The summed E-state index contributed by atoms with van der Waals surface area (Å²) in [6, 6.07) is 0. The Labute approximate surface area is 89.5 Å². The molecule has 0 bridgehead atoms. The fraction of sp³-hybridized carbons (Fsp3) is 0.600. The lowest BCUT2D eigenvalue weighted by molar-refractivity contribution is 0.109. The van der Waals surface area contributed by atoms with Gasteiger partial charge >= 0.3 is 0 Å². The maximum Gasteiger partial charge on any atom is 0.227 e. The third-order valence-corrected chi connectivity index (χ3v) is 2.45. The highest BCUT2D eigenvalue weighted by Crippen LogP contribution is 2.23. The van der Waals surface area contributed by atoms with Crippen molar-refractivity contribution in [3.05, 3.63) is 11.3 Å². The van der Waals surface area contributed by atoms with Gasteiger partial charge in [0, 0.05) is 33.1 Å². The van der Waals surface area contributed by atoms with Crippen molar-refractivity contribution in [3.8, 4) is 0 Å². The number of anilines is 2. The molecule has 1 aromatic rings. The fourth-order valence-electron chi connectivity index (χ4n) is 1.63. The van der Waals surface area contributed by atoms with Gasteiger partial charge in [0.2, 0.25) is 5.95 Å². The Balaban J connectivity index is 2.48. The van der Waals surface area contributed by atoms with Crippen molar-refractivity contribution in [2.75, 3.05) is 38.0 Å². The second-order valence-corrected chi connectivity index (χ2v) is 3.74. The molecular formula is C10H16N4O. The maximum atomic E-state index is 5.41. The molecule has 0 unspecified atom stereocenters. The van der Waals surface area contributed by atoms with Gasteiger partial charge in [-0.3, -0.25) is 0 Å². The summed E-state index contributed by atoms with van der Waals surface area (Å²) >= 11 is 0. The Hall–Kier alpha value is -1.36. The third kappa shape index (κ3) is 1.87. The van der Waals surface area contributed by atoms with Gasteiger partial charge in [0.05, 0.1) is 18.9 Å². The molecule has 0 aromatic carbocycles. The molecule has 0 radical (unpaired) electrons. The lowest BCUT2D eigenvalue weighted by Crippen LogP contribution is -2.20. The van der Waals surface area contributed by atoms with Crippen LogP contribution in [-0.4, -0.2) is 37.7 Å². The monoisotopic (exact) mass is 208 g/mol. The van der Waals surface area contributed by atoms with Crippen molar-refractivity contribution in [2.45, 2.75) is 13.0 Å². The topological polar surface area (TPSA) is 50.3 Å². The summed E-state index contributed by atoms with van der Waals surface area (Å²) < 4.78 is 5.41. The first-order valence-corrected chi connectivity index (χ1v) is 5.05. The van der Waals surface area contributed by atoms with Crippen LogP contribution in [0.1, 0.15) is 11.3 Å². The van der Waals surface area contributed by atoms with Crippen LogP contribution >= 0.6 is 0 Å². The highest BCUT2D eigenvalue weighted by atomic mass is 16.5. The number of nitrogens with one attached hydrogen (secondary N) is 1. The number of rotatable bonds is 2. The molecule has 1 aromatic heterocycles. The molecule has 5 nitrogen and oxygen atoms in total. The largest absolute Gasteiger partial charge is 0.376 e. The SMILES string of the molecule is CNc1nc(N(C)C)nc2c1COCC2. The van der Waals surface area contributed by atoms with Crippen LogP contribution < -0.4 is 10.2 Å². The van der Waals surface area contributed by atoms with Crippen LogP contribution in [0.15, 0.2) is 0 Å². The van der Waals surface area contributed by atoms with Crippen LogP contribution in [-0.2, 0) is 17.8 Å². The number of hydrogen-bond acceptors (Lipinski definition) is 5. The average molecular weight is 208 g/mol. The minimum atomic E-state index is 0.610. The first kappa shape index (κ1) is 10.2. The quantitative estimate of drug-likeness (QED) is 0.773. The van der Waals surface area contributed by atoms with E-state index in [1.165, 1.54) is 0 Å². The summed E-state index contributed by atoms with van der Waals surface area (Å²) in [4.78, 5) is 10.9. The summed E-state index contributed by atoms with van der Waals surface area (Å²) in [6.07, 6.45) is 0.868. The zero-order chi connectivity index (χ0) is 10.8. The van der Waals surface area contributed by atoms with Crippen LogP contribution in [0.3, 0.4) is 0 Å². The van der Waals surface area contributed by atoms with Crippen molar-refractivity contribution in [2.24, 2.45) is 0 Å². The Kier molecular flexibility index (Phi) is 2.73. The molecule has 0 aliphatic carbocycles. The van der Waals surface area contributed by atoms with Crippen LogP contribution in [0, 0.1) is 0 Å². The molecule has 0 fully saturated rings. The molecule has 82 valence electrons. The van der Waals surface area contributed by atoms with E-state index >= 15 is 0 Å². The smallest absolute Gasteiger partial charge is 0.227 e. The molecule has 0 saturated heterocycles. The van der Waals surface area contributed by atoms with Gasteiger partial charge in [-0.15, -0.1) is 0 Å². The first-order chi connectivity index (χ1) is 7.22.